The van der Waals surface area contributed by atoms with Crippen LogP contribution in [0.15, 0.2) is 54.6 Å². The van der Waals surface area contributed by atoms with Crippen LogP contribution in [0, 0.1) is 11.7 Å². The number of rotatable bonds is 5. The highest BCUT2D eigenvalue weighted by Gasteiger charge is 2.33. The molecule has 1 aliphatic rings. The van der Waals surface area contributed by atoms with Crippen molar-refractivity contribution in [2.45, 2.75) is 12.8 Å². The van der Waals surface area contributed by atoms with Crippen LogP contribution in [0.2, 0.25) is 0 Å². The van der Waals surface area contributed by atoms with Crippen molar-refractivity contribution in [3.8, 4) is 0 Å². The fraction of sp³-hybridized carbons (Fsp3) is 0.263. The lowest BCUT2D eigenvalue weighted by atomic mass is 10.1. The van der Waals surface area contributed by atoms with Gasteiger partial charge in [0.05, 0.1) is 5.92 Å². The van der Waals surface area contributed by atoms with E-state index in [0.29, 0.717) is 18.8 Å². The second kappa shape index (κ2) is 7.25. The lowest BCUT2D eigenvalue weighted by molar-refractivity contribution is -0.128. The summed E-state index contributed by atoms with van der Waals surface area (Å²) in [6, 6.07) is 15.6. The van der Waals surface area contributed by atoms with E-state index in [9.17, 15) is 14.0 Å². The molecule has 1 fully saturated rings. The molecule has 1 heterocycles. The van der Waals surface area contributed by atoms with Gasteiger partial charge >= 0.3 is 0 Å². The van der Waals surface area contributed by atoms with Crippen LogP contribution in [-0.2, 0) is 16.0 Å². The van der Waals surface area contributed by atoms with Gasteiger partial charge in [-0.25, -0.2) is 4.39 Å². The molecule has 0 bridgehead atoms. The molecule has 24 heavy (non-hydrogen) atoms. The lowest BCUT2D eigenvalue weighted by Crippen LogP contribution is -2.30. The number of hydrogen-bond donors (Lipinski definition) is 1. The van der Waals surface area contributed by atoms with Crippen molar-refractivity contribution in [3.05, 3.63) is 66.0 Å². The van der Waals surface area contributed by atoms with E-state index in [1.54, 1.807) is 4.90 Å². The molecule has 1 saturated heterocycles. The summed E-state index contributed by atoms with van der Waals surface area (Å²) in [6.45, 7) is 1.04. The molecule has 0 radical (unpaired) electrons. The van der Waals surface area contributed by atoms with Crippen LogP contribution < -0.4 is 5.32 Å². The maximum atomic E-state index is 12.9. The van der Waals surface area contributed by atoms with Gasteiger partial charge in [-0.3, -0.25) is 9.59 Å². The third-order valence-corrected chi connectivity index (χ3v) is 4.21. The lowest BCUT2D eigenvalue weighted by Gasteiger charge is -2.16. The predicted molar refractivity (Wildman–Crippen MR) is 89.9 cm³/mol. The second-order valence-corrected chi connectivity index (χ2v) is 5.97. The van der Waals surface area contributed by atoms with E-state index in [-0.39, 0.29) is 30.0 Å². The van der Waals surface area contributed by atoms with Gasteiger partial charge < -0.3 is 10.2 Å². The first-order valence-corrected chi connectivity index (χ1v) is 8.00. The van der Waals surface area contributed by atoms with E-state index in [2.05, 4.69) is 5.32 Å². The normalized spacial score (nSPS) is 17.1. The van der Waals surface area contributed by atoms with Crippen LogP contribution in [-0.4, -0.2) is 29.8 Å². The Morgan fingerprint density at radius 2 is 1.83 bits per heavy atom. The number of nitrogens with zero attached hydrogens (tertiary/aromatic N) is 1. The second-order valence-electron chi connectivity index (χ2n) is 5.97. The number of amides is 2. The number of anilines is 1. The number of hydrogen-bond acceptors (Lipinski definition) is 2. The molecule has 3 rings (SSSR count). The smallest absolute Gasteiger partial charge is 0.229 e. The summed E-state index contributed by atoms with van der Waals surface area (Å²) in [6.07, 6.45) is 1.00. The molecule has 0 aliphatic carbocycles. The molecule has 2 aromatic carbocycles. The molecule has 1 aliphatic heterocycles. The Balaban J connectivity index is 1.53. The van der Waals surface area contributed by atoms with Crippen molar-refractivity contribution >= 4 is 17.5 Å². The van der Waals surface area contributed by atoms with E-state index in [1.165, 1.54) is 29.8 Å². The van der Waals surface area contributed by atoms with Crippen molar-refractivity contribution in [2.24, 2.45) is 5.92 Å². The van der Waals surface area contributed by atoms with Crippen molar-refractivity contribution < 1.29 is 14.0 Å². The maximum absolute atomic E-state index is 12.9. The van der Waals surface area contributed by atoms with Gasteiger partial charge in [-0.2, -0.15) is 0 Å². The van der Waals surface area contributed by atoms with Gasteiger partial charge in [-0.05, 0) is 36.2 Å². The van der Waals surface area contributed by atoms with Crippen molar-refractivity contribution in [2.75, 3.05) is 18.4 Å². The monoisotopic (exact) mass is 326 g/mol. The van der Waals surface area contributed by atoms with E-state index < -0.39 is 0 Å². The molecule has 0 spiro atoms. The molecule has 2 amide bonds. The van der Waals surface area contributed by atoms with E-state index in [0.717, 1.165) is 6.42 Å². The fourth-order valence-corrected chi connectivity index (χ4v) is 2.85. The summed E-state index contributed by atoms with van der Waals surface area (Å²) in [5, 5.41) is 2.74. The van der Waals surface area contributed by atoms with Gasteiger partial charge in [-0.1, -0.05) is 30.3 Å². The van der Waals surface area contributed by atoms with Gasteiger partial charge in [0.1, 0.15) is 5.82 Å². The van der Waals surface area contributed by atoms with Crippen LogP contribution >= 0.6 is 0 Å². The SMILES string of the molecule is O=C(Nc1ccc(F)cc1)C1CC(=O)N(CCc2ccccc2)C1. The highest BCUT2D eigenvalue weighted by atomic mass is 19.1. The predicted octanol–water partition coefficient (Wildman–Crippen LogP) is 2.86. The first-order chi connectivity index (χ1) is 11.6. The summed E-state index contributed by atoms with van der Waals surface area (Å²) in [7, 11) is 0. The minimum Gasteiger partial charge on any atom is -0.342 e. The molecule has 0 aromatic heterocycles. The van der Waals surface area contributed by atoms with E-state index in [1.807, 2.05) is 30.3 Å². The van der Waals surface area contributed by atoms with Gasteiger partial charge in [0.15, 0.2) is 0 Å². The molecular formula is C19H19FN2O2. The average Bonchev–Trinajstić information content (AvgIpc) is 2.97. The Morgan fingerprint density at radius 3 is 2.54 bits per heavy atom. The van der Waals surface area contributed by atoms with Gasteiger partial charge in [-0.15, -0.1) is 0 Å². The Morgan fingerprint density at radius 1 is 1.12 bits per heavy atom. The highest BCUT2D eigenvalue weighted by molar-refractivity contribution is 5.97. The number of likely N-dealkylation sites (tertiary alicyclic amines) is 1. The zero-order valence-corrected chi connectivity index (χ0v) is 13.2. The van der Waals surface area contributed by atoms with Crippen molar-refractivity contribution in [1.29, 1.82) is 0 Å². The molecular weight excluding hydrogens is 307 g/mol. The first kappa shape index (κ1) is 16.2. The third kappa shape index (κ3) is 3.98. The Labute approximate surface area is 140 Å². The van der Waals surface area contributed by atoms with Gasteiger partial charge in [0, 0.05) is 25.2 Å². The number of benzene rings is 2. The number of nitrogens with one attached hydrogen (secondary N) is 1. The Hall–Kier alpha value is -2.69. The van der Waals surface area contributed by atoms with Crippen LogP contribution in [0.5, 0.6) is 0 Å². The Bertz CT molecular complexity index is 716. The van der Waals surface area contributed by atoms with Crippen molar-refractivity contribution in [1.82, 2.24) is 4.90 Å². The topological polar surface area (TPSA) is 49.4 Å². The molecule has 4 nitrogen and oxygen atoms in total. The summed E-state index contributed by atoms with van der Waals surface area (Å²) in [4.78, 5) is 26.1. The van der Waals surface area contributed by atoms with Crippen LogP contribution in [0.25, 0.3) is 0 Å². The minimum atomic E-state index is -0.363. The third-order valence-electron chi connectivity index (χ3n) is 4.21. The maximum Gasteiger partial charge on any atom is 0.229 e. The van der Waals surface area contributed by atoms with E-state index in [4.69, 9.17) is 0 Å². The Kier molecular flexibility index (Phi) is 4.89. The zero-order chi connectivity index (χ0) is 16.9. The number of carbonyl (C=O) groups is 2. The fourth-order valence-electron chi connectivity index (χ4n) is 2.85. The molecule has 1 unspecified atom stereocenters. The molecule has 1 atom stereocenters. The van der Waals surface area contributed by atoms with Crippen molar-refractivity contribution in [3.63, 3.8) is 0 Å². The largest absolute Gasteiger partial charge is 0.342 e. The number of halogens is 1. The average molecular weight is 326 g/mol. The summed E-state index contributed by atoms with van der Waals surface area (Å²) < 4.78 is 12.9. The van der Waals surface area contributed by atoms with Gasteiger partial charge in [0.2, 0.25) is 11.8 Å². The summed E-state index contributed by atoms with van der Waals surface area (Å²) in [5.74, 6) is -0.906. The molecule has 5 heteroatoms. The van der Waals surface area contributed by atoms with Crippen LogP contribution in [0.3, 0.4) is 0 Å². The zero-order valence-electron chi connectivity index (χ0n) is 13.2. The standard InChI is InChI=1S/C19H19FN2O2/c20-16-6-8-17(9-7-16)21-19(24)15-12-18(23)22(13-15)11-10-14-4-2-1-3-5-14/h1-9,15H,10-13H2,(H,21,24). The highest BCUT2D eigenvalue weighted by Crippen LogP contribution is 2.20. The van der Waals surface area contributed by atoms with E-state index >= 15 is 0 Å². The molecule has 0 saturated carbocycles. The summed E-state index contributed by atoms with van der Waals surface area (Å²) in [5.41, 5.74) is 1.71. The minimum absolute atomic E-state index is 0.00480. The molecule has 2 aromatic rings. The van der Waals surface area contributed by atoms with Crippen LogP contribution in [0.4, 0.5) is 10.1 Å². The quantitative estimate of drug-likeness (QED) is 0.918. The van der Waals surface area contributed by atoms with Crippen LogP contribution in [0.1, 0.15) is 12.0 Å². The van der Waals surface area contributed by atoms with Gasteiger partial charge in [0.25, 0.3) is 0 Å². The molecule has 124 valence electrons. The summed E-state index contributed by atoms with van der Waals surface area (Å²) >= 11 is 0. The molecule has 1 N–H and O–H groups in total. The number of carbonyl (C=O) groups excluding carboxylic acids is 2. The first-order valence-electron chi connectivity index (χ1n) is 8.00.